The average Bonchev–Trinajstić information content (AvgIpc) is 2.69. The summed E-state index contributed by atoms with van der Waals surface area (Å²) >= 11 is 0. The van der Waals surface area contributed by atoms with Gasteiger partial charge in [-0.15, -0.1) is 0 Å². The first-order valence-corrected chi connectivity index (χ1v) is 10.4. The van der Waals surface area contributed by atoms with E-state index >= 15 is 0 Å². The third-order valence-electron chi connectivity index (χ3n) is 6.55. The van der Waals surface area contributed by atoms with E-state index in [1.165, 1.54) is 45.3 Å². The number of carbonyl (C=O) groups excluding carboxylic acids is 1. The van der Waals surface area contributed by atoms with Crippen LogP contribution in [0.2, 0.25) is 0 Å². The molecule has 3 fully saturated rings. The predicted molar refractivity (Wildman–Crippen MR) is 99.0 cm³/mol. The maximum Gasteiger partial charge on any atom is 0.243 e. The van der Waals surface area contributed by atoms with Gasteiger partial charge in [0.05, 0.1) is 6.07 Å². The molecule has 0 bridgehead atoms. The summed E-state index contributed by atoms with van der Waals surface area (Å²) in [6.07, 6.45) is 8.50. The smallest absolute Gasteiger partial charge is 0.243 e. The predicted octanol–water partition coefficient (Wildman–Crippen LogP) is 2.48. The van der Waals surface area contributed by atoms with Gasteiger partial charge in [0.15, 0.2) is 0 Å². The van der Waals surface area contributed by atoms with Gasteiger partial charge in [0.1, 0.15) is 5.41 Å². The first-order valence-electron chi connectivity index (χ1n) is 10.4. The van der Waals surface area contributed by atoms with Gasteiger partial charge in [-0.2, -0.15) is 5.26 Å². The molecule has 25 heavy (non-hydrogen) atoms. The van der Waals surface area contributed by atoms with Crippen molar-refractivity contribution in [3.8, 4) is 6.07 Å². The van der Waals surface area contributed by atoms with Crippen molar-refractivity contribution in [3.05, 3.63) is 0 Å². The van der Waals surface area contributed by atoms with Crippen molar-refractivity contribution < 1.29 is 4.79 Å². The maximum atomic E-state index is 13.0. The minimum absolute atomic E-state index is 0.118. The van der Waals surface area contributed by atoms with Crippen LogP contribution in [-0.2, 0) is 4.79 Å². The quantitative estimate of drug-likeness (QED) is 0.785. The van der Waals surface area contributed by atoms with Crippen molar-refractivity contribution in [1.82, 2.24) is 14.7 Å². The second kappa shape index (κ2) is 8.51. The Balaban J connectivity index is 1.49. The molecule has 2 heterocycles. The van der Waals surface area contributed by atoms with Crippen LogP contribution in [0.1, 0.15) is 58.3 Å². The first kappa shape index (κ1) is 18.7. The lowest BCUT2D eigenvalue weighted by atomic mass is 9.74. The van der Waals surface area contributed by atoms with E-state index < -0.39 is 5.41 Å². The zero-order valence-electron chi connectivity index (χ0n) is 15.9. The van der Waals surface area contributed by atoms with Gasteiger partial charge in [0, 0.05) is 32.2 Å². The summed E-state index contributed by atoms with van der Waals surface area (Å²) in [5.41, 5.74) is -0.716. The molecule has 3 rings (SSSR count). The lowest BCUT2D eigenvalue weighted by molar-refractivity contribution is -0.142. The summed E-state index contributed by atoms with van der Waals surface area (Å²) in [5.74, 6) is 0.118. The van der Waals surface area contributed by atoms with Crippen LogP contribution in [-0.4, -0.2) is 72.5 Å². The molecule has 0 unspecified atom stereocenters. The summed E-state index contributed by atoms with van der Waals surface area (Å²) in [7, 11) is 0. The number of amides is 1. The number of nitriles is 1. The Bertz CT molecular complexity index is 478. The summed E-state index contributed by atoms with van der Waals surface area (Å²) < 4.78 is 0. The highest BCUT2D eigenvalue weighted by Crippen LogP contribution is 2.37. The zero-order chi connectivity index (χ0) is 17.7. The standard InChI is InChI=1S/C20H34N4O/c1-2-10-22-11-6-18(7-12-22)23-13-15-24(16-14-23)19(25)20(17-21)8-4-3-5-9-20/h18H,2-16H2,1H3. The molecule has 1 amide bonds. The van der Waals surface area contributed by atoms with E-state index in [0.717, 1.165) is 51.9 Å². The zero-order valence-corrected chi connectivity index (χ0v) is 15.9. The maximum absolute atomic E-state index is 13.0. The molecule has 2 aliphatic heterocycles. The molecule has 0 atom stereocenters. The third-order valence-corrected chi connectivity index (χ3v) is 6.55. The lowest BCUT2D eigenvalue weighted by Gasteiger charge is -2.44. The molecule has 5 heteroatoms. The van der Waals surface area contributed by atoms with Gasteiger partial charge < -0.3 is 9.80 Å². The van der Waals surface area contributed by atoms with Crippen LogP contribution >= 0.6 is 0 Å². The summed E-state index contributed by atoms with van der Waals surface area (Å²) in [4.78, 5) is 20.1. The molecule has 1 saturated carbocycles. The van der Waals surface area contributed by atoms with Crippen molar-refractivity contribution >= 4 is 5.91 Å². The van der Waals surface area contributed by atoms with Gasteiger partial charge in [-0.25, -0.2) is 0 Å². The fourth-order valence-electron chi connectivity index (χ4n) is 4.95. The molecule has 140 valence electrons. The molecule has 0 radical (unpaired) electrons. The number of piperidine rings is 1. The third kappa shape index (κ3) is 4.17. The molecular formula is C20H34N4O. The van der Waals surface area contributed by atoms with Gasteiger partial charge >= 0.3 is 0 Å². The molecule has 0 aromatic rings. The highest BCUT2D eigenvalue weighted by molar-refractivity contribution is 5.85. The summed E-state index contributed by atoms with van der Waals surface area (Å²) in [6.45, 7) is 9.48. The largest absolute Gasteiger partial charge is 0.339 e. The van der Waals surface area contributed by atoms with Crippen LogP contribution in [0.25, 0.3) is 0 Å². The van der Waals surface area contributed by atoms with E-state index in [-0.39, 0.29) is 5.91 Å². The fourth-order valence-corrected chi connectivity index (χ4v) is 4.95. The van der Waals surface area contributed by atoms with Crippen LogP contribution in [0, 0.1) is 16.7 Å². The van der Waals surface area contributed by atoms with Crippen LogP contribution < -0.4 is 0 Å². The molecule has 2 saturated heterocycles. The van der Waals surface area contributed by atoms with Crippen LogP contribution in [0.15, 0.2) is 0 Å². The molecule has 5 nitrogen and oxygen atoms in total. The second-order valence-corrected chi connectivity index (χ2v) is 8.16. The summed E-state index contributed by atoms with van der Waals surface area (Å²) in [6, 6.07) is 3.08. The van der Waals surface area contributed by atoms with Crippen LogP contribution in [0.4, 0.5) is 0 Å². The van der Waals surface area contributed by atoms with E-state index in [1.807, 2.05) is 4.90 Å². The number of hydrogen-bond donors (Lipinski definition) is 0. The molecular weight excluding hydrogens is 312 g/mol. The topological polar surface area (TPSA) is 50.6 Å². The normalized spacial score (nSPS) is 26.3. The van der Waals surface area contributed by atoms with Crippen molar-refractivity contribution in [2.24, 2.45) is 5.41 Å². The van der Waals surface area contributed by atoms with Crippen molar-refractivity contribution in [1.29, 1.82) is 5.26 Å². The van der Waals surface area contributed by atoms with E-state index in [4.69, 9.17) is 0 Å². The van der Waals surface area contributed by atoms with Crippen molar-refractivity contribution in [2.45, 2.75) is 64.3 Å². The van der Waals surface area contributed by atoms with Crippen molar-refractivity contribution in [2.75, 3.05) is 45.8 Å². The van der Waals surface area contributed by atoms with E-state index in [2.05, 4.69) is 22.8 Å². The molecule has 0 spiro atoms. The highest BCUT2D eigenvalue weighted by Gasteiger charge is 2.43. The van der Waals surface area contributed by atoms with E-state index in [1.54, 1.807) is 0 Å². The van der Waals surface area contributed by atoms with E-state index in [0.29, 0.717) is 6.04 Å². The van der Waals surface area contributed by atoms with Gasteiger partial charge in [0.25, 0.3) is 0 Å². The molecule has 0 N–H and O–H groups in total. The summed E-state index contributed by atoms with van der Waals surface area (Å²) in [5, 5.41) is 9.65. The van der Waals surface area contributed by atoms with Crippen LogP contribution in [0.3, 0.4) is 0 Å². The number of rotatable bonds is 4. The fraction of sp³-hybridized carbons (Fsp3) is 0.900. The van der Waals surface area contributed by atoms with Crippen molar-refractivity contribution in [3.63, 3.8) is 0 Å². The SMILES string of the molecule is CCCN1CCC(N2CCN(C(=O)C3(C#N)CCCCC3)CC2)CC1. The number of piperazine rings is 1. The Morgan fingerprint density at radius 3 is 2.24 bits per heavy atom. The minimum Gasteiger partial charge on any atom is -0.339 e. The average molecular weight is 347 g/mol. The Morgan fingerprint density at radius 1 is 1.04 bits per heavy atom. The minimum atomic E-state index is -0.716. The molecule has 0 aromatic heterocycles. The highest BCUT2D eigenvalue weighted by atomic mass is 16.2. The molecule has 0 aromatic carbocycles. The number of hydrogen-bond acceptors (Lipinski definition) is 4. The number of carbonyl (C=O) groups is 1. The molecule has 1 aliphatic carbocycles. The van der Waals surface area contributed by atoms with Gasteiger partial charge in [-0.3, -0.25) is 9.69 Å². The number of likely N-dealkylation sites (tertiary alicyclic amines) is 1. The Kier molecular flexibility index (Phi) is 6.35. The first-order chi connectivity index (χ1) is 12.2. The van der Waals surface area contributed by atoms with E-state index in [9.17, 15) is 10.1 Å². The lowest BCUT2D eigenvalue weighted by Crippen LogP contribution is -2.56. The Hall–Kier alpha value is -1.12. The second-order valence-electron chi connectivity index (χ2n) is 8.16. The van der Waals surface area contributed by atoms with Gasteiger partial charge in [-0.05, 0) is 51.7 Å². The van der Waals surface area contributed by atoms with Crippen LogP contribution in [0.5, 0.6) is 0 Å². The Labute approximate surface area is 152 Å². The number of nitrogens with zero attached hydrogens (tertiary/aromatic N) is 4. The van der Waals surface area contributed by atoms with Gasteiger partial charge in [-0.1, -0.05) is 26.2 Å². The monoisotopic (exact) mass is 346 g/mol. The molecule has 3 aliphatic rings. The Morgan fingerprint density at radius 2 is 1.68 bits per heavy atom. The van der Waals surface area contributed by atoms with Gasteiger partial charge in [0.2, 0.25) is 5.91 Å².